The zero-order valence-corrected chi connectivity index (χ0v) is 14.0. The largest absolute Gasteiger partial charge is 0.377 e. The zero-order valence-electron chi connectivity index (χ0n) is 14.0. The summed E-state index contributed by atoms with van der Waals surface area (Å²) in [7, 11) is 0. The fourth-order valence-corrected chi connectivity index (χ4v) is 3.30. The summed E-state index contributed by atoms with van der Waals surface area (Å²) in [4.78, 5) is 17.2. The molecule has 3 heterocycles. The van der Waals surface area contributed by atoms with Gasteiger partial charge in [0.15, 0.2) is 0 Å². The Balaban J connectivity index is 1.51. The Morgan fingerprint density at radius 3 is 3.04 bits per heavy atom. The fraction of sp³-hybridized carbons (Fsp3) is 0.412. The number of hydrogen-bond acceptors (Lipinski definition) is 5. The van der Waals surface area contributed by atoms with Crippen LogP contribution in [0.5, 0.6) is 0 Å². The van der Waals surface area contributed by atoms with E-state index in [4.69, 9.17) is 4.74 Å². The minimum atomic E-state index is -0.117. The third kappa shape index (κ3) is 3.00. The molecule has 8 nitrogen and oxygen atoms in total. The van der Waals surface area contributed by atoms with E-state index in [9.17, 15) is 4.79 Å². The lowest BCUT2D eigenvalue weighted by Crippen LogP contribution is -2.42. The van der Waals surface area contributed by atoms with E-state index in [-0.39, 0.29) is 24.5 Å². The van der Waals surface area contributed by atoms with Gasteiger partial charge in [-0.05, 0) is 12.1 Å². The van der Waals surface area contributed by atoms with Crippen LogP contribution in [0.15, 0.2) is 36.7 Å². The highest BCUT2D eigenvalue weighted by atomic mass is 16.5. The first-order chi connectivity index (χ1) is 12.3. The summed E-state index contributed by atoms with van der Waals surface area (Å²) < 4.78 is 9.24. The van der Waals surface area contributed by atoms with Gasteiger partial charge in [0.1, 0.15) is 12.4 Å². The van der Waals surface area contributed by atoms with Gasteiger partial charge in [0.25, 0.3) is 0 Å². The average Bonchev–Trinajstić information content (AvgIpc) is 3.34. The number of imidazole rings is 1. The fourth-order valence-electron chi connectivity index (χ4n) is 3.30. The van der Waals surface area contributed by atoms with Crippen LogP contribution in [0.3, 0.4) is 0 Å². The van der Waals surface area contributed by atoms with Gasteiger partial charge in [-0.1, -0.05) is 24.3 Å². The van der Waals surface area contributed by atoms with Crippen LogP contribution >= 0.6 is 0 Å². The molecule has 0 spiro atoms. The first-order valence-electron chi connectivity index (χ1n) is 8.43. The van der Waals surface area contributed by atoms with Crippen molar-refractivity contribution in [3.05, 3.63) is 42.5 Å². The van der Waals surface area contributed by atoms with Crippen LogP contribution in [0.2, 0.25) is 0 Å². The summed E-state index contributed by atoms with van der Waals surface area (Å²) in [6, 6.07) is 7.73. The number of nitrogens with one attached hydrogen (secondary N) is 1. The van der Waals surface area contributed by atoms with Crippen molar-refractivity contribution in [2.45, 2.75) is 32.0 Å². The van der Waals surface area contributed by atoms with Gasteiger partial charge in [-0.15, -0.1) is 5.10 Å². The number of fused-ring (bicyclic) bond motifs is 1. The third-order valence-corrected chi connectivity index (χ3v) is 4.53. The molecule has 1 aliphatic rings. The topological polar surface area (TPSA) is 86.9 Å². The summed E-state index contributed by atoms with van der Waals surface area (Å²) in [6.07, 6.45) is 4.19. The van der Waals surface area contributed by atoms with Crippen LogP contribution in [-0.2, 0) is 22.5 Å². The van der Waals surface area contributed by atoms with Crippen molar-refractivity contribution in [1.82, 2.24) is 29.9 Å². The van der Waals surface area contributed by atoms with Gasteiger partial charge in [-0.25, -0.2) is 9.67 Å². The summed E-state index contributed by atoms with van der Waals surface area (Å²) in [6.45, 7) is 3.27. The van der Waals surface area contributed by atoms with Gasteiger partial charge in [0.05, 0.1) is 42.5 Å². The second-order valence-electron chi connectivity index (χ2n) is 6.12. The molecule has 1 aromatic carbocycles. The Morgan fingerprint density at radius 2 is 2.24 bits per heavy atom. The number of amides is 1. The molecule has 1 aliphatic heterocycles. The van der Waals surface area contributed by atoms with E-state index in [1.165, 1.54) is 0 Å². The minimum absolute atomic E-state index is 0.0309. The molecule has 0 unspecified atom stereocenters. The highest BCUT2D eigenvalue weighted by Gasteiger charge is 2.31. The molecular formula is C17H20N6O2. The number of para-hydroxylation sites is 2. The van der Waals surface area contributed by atoms with Crippen molar-refractivity contribution in [3.63, 3.8) is 0 Å². The molecule has 1 amide bonds. The summed E-state index contributed by atoms with van der Waals surface area (Å²) in [5.41, 5.74) is 1.89. The van der Waals surface area contributed by atoms with Gasteiger partial charge >= 0.3 is 0 Å². The van der Waals surface area contributed by atoms with E-state index in [0.717, 1.165) is 23.3 Å². The smallest absolute Gasteiger partial charge is 0.240 e. The standard InChI is InChI=1S/C17H20N6O2/c1-2-16-19-12-5-3-4-6-14(12)22(16)9-17(24)20-13-10-25-11-15(13)23-8-7-18-21-23/h3-8,13,15H,2,9-11H2,1H3,(H,20,24)/t13-,15+/m0/s1. The predicted molar refractivity (Wildman–Crippen MR) is 90.9 cm³/mol. The zero-order chi connectivity index (χ0) is 17.2. The van der Waals surface area contributed by atoms with Crippen molar-refractivity contribution in [1.29, 1.82) is 0 Å². The Bertz CT molecular complexity index is 873. The van der Waals surface area contributed by atoms with Crippen LogP contribution in [0, 0.1) is 0 Å². The quantitative estimate of drug-likeness (QED) is 0.747. The number of carbonyl (C=O) groups is 1. The summed E-state index contributed by atoms with van der Waals surface area (Å²) >= 11 is 0. The molecule has 2 atom stereocenters. The van der Waals surface area contributed by atoms with E-state index in [1.54, 1.807) is 17.1 Å². The molecule has 3 aromatic rings. The van der Waals surface area contributed by atoms with Crippen LogP contribution in [0.25, 0.3) is 11.0 Å². The summed E-state index contributed by atoms with van der Waals surface area (Å²) in [5, 5.41) is 10.9. The van der Waals surface area contributed by atoms with E-state index >= 15 is 0 Å². The highest BCUT2D eigenvalue weighted by Crippen LogP contribution is 2.19. The number of ether oxygens (including phenoxy) is 1. The van der Waals surface area contributed by atoms with Crippen LogP contribution in [-0.4, -0.2) is 49.7 Å². The molecule has 0 radical (unpaired) electrons. The first-order valence-corrected chi connectivity index (χ1v) is 8.43. The molecule has 130 valence electrons. The van der Waals surface area contributed by atoms with Crippen LogP contribution in [0.1, 0.15) is 18.8 Å². The molecule has 0 aliphatic carbocycles. The number of rotatable bonds is 5. The maximum atomic E-state index is 12.6. The normalized spacial score (nSPS) is 20.2. The average molecular weight is 340 g/mol. The van der Waals surface area contributed by atoms with Gasteiger partial charge in [0, 0.05) is 12.6 Å². The lowest BCUT2D eigenvalue weighted by Gasteiger charge is -2.19. The Kier molecular flexibility index (Phi) is 4.19. The van der Waals surface area contributed by atoms with Crippen molar-refractivity contribution < 1.29 is 9.53 Å². The Labute approximate surface area is 144 Å². The number of aromatic nitrogens is 5. The van der Waals surface area contributed by atoms with Crippen molar-refractivity contribution in [2.75, 3.05) is 13.2 Å². The van der Waals surface area contributed by atoms with Crippen molar-refractivity contribution in [3.8, 4) is 0 Å². The number of nitrogens with zero attached hydrogens (tertiary/aromatic N) is 5. The van der Waals surface area contributed by atoms with Gasteiger partial charge in [-0.3, -0.25) is 4.79 Å². The highest BCUT2D eigenvalue weighted by molar-refractivity contribution is 5.81. The molecule has 8 heteroatoms. The number of benzene rings is 1. The van der Waals surface area contributed by atoms with E-state index in [2.05, 4.69) is 20.6 Å². The first kappa shape index (κ1) is 15.8. The molecule has 25 heavy (non-hydrogen) atoms. The maximum Gasteiger partial charge on any atom is 0.240 e. The maximum absolute atomic E-state index is 12.6. The molecule has 0 bridgehead atoms. The molecule has 0 saturated carbocycles. The number of carbonyl (C=O) groups excluding carboxylic acids is 1. The third-order valence-electron chi connectivity index (χ3n) is 4.53. The molecule has 1 N–H and O–H groups in total. The van der Waals surface area contributed by atoms with Crippen molar-refractivity contribution in [2.24, 2.45) is 0 Å². The number of aryl methyl sites for hydroxylation is 1. The van der Waals surface area contributed by atoms with Crippen LogP contribution in [0.4, 0.5) is 0 Å². The molecule has 1 saturated heterocycles. The van der Waals surface area contributed by atoms with Crippen LogP contribution < -0.4 is 5.32 Å². The van der Waals surface area contributed by atoms with Crippen molar-refractivity contribution >= 4 is 16.9 Å². The lowest BCUT2D eigenvalue weighted by molar-refractivity contribution is -0.122. The number of hydrogen-bond donors (Lipinski definition) is 1. The molecular weight excluding hydrogens is 320 g/mol. The van der Waals surface area contributed by atoms with Gasteiger partial charge in [-0.2, -0.15) is 0 Å². The Hall–Kier alpha value is -2.74. The predicted octanol–water partition coefficient (Wildman–Crippen LogP) is 0.946. The second-order valence-corrected chi connectivity index (χ2v) is 6.12. The lowest BCUT2D eigenvalue weighted by atomic mass is 10.2. The Morgan fingerprint density at radius 1 is 1.36 bits per heavy atom. The molecule has 4 rings (SSSR count). The van der Waals surface area contributed by atoms with E-state index < -0.39 is 0 Å². The minimum Gasteiger partial charge on any atom is -0.377 e. The molecule has 1 fully saturated rings. The van der Waals surface area contributed by atoms with E-state index in [1.807, 2.05) is 35.8 Å². The SMILES string of the molecule is CCc1nc2ccccc2n1CC(=O)N[C@H]1COC[C@H]1n1ccnn1. The van der Waals surface area contributed by atoms with Gasteiger partial charge < -0.3 is 14.6 Å². The van der Waals surface area contributed by atoms with E-state index in [0.29, 0.717) is 13.2 Å². The molecule has 2 aromatic heterocycles. The summed E-state index contributed by atoms with van der Waals surface area (Å²) in [5.74, 6) is 0.852. The monoisotopic (exact) mass is 340 g/mol. The second kappa shape index (κ2) is 6.64. The van der Waals surface area contributed by atoms with Gasteiger partial charge in [0.2, 0.25) is 5.91 Å².